The molecule has 24 heavy (non-hydrogen) atoms. The molecule has 0 atom stereocenters. The summed E-state index contributed by atoms with van der Waals surface area (Å²) in [6.45, 7) is 3.50. The lowest BCUT2D eigenvalue weighted by Crippen LogP contribution is -2.46. The van der Waals surface area contributed by atoms with Crippen LogP contribution in [0.25, 0.3) is 10.6 Å². The normalized spacial score (nSPS) is 15.0. The maximum absolute atomic E-state index is 12.0. The predicted molar refractivity (Wildman–Crippen MR) is 91.5 cm³/mol. The molecule has 0 radical (unpaired) electrons. The number of rotatable bonds is 8. The van der Waals surface area contributed by atoms with E-state index < -0.39 is 0 Å². The Hall–Kier alpha value is -2.17. The minimum Gasteiger partial charge on any atom is -0.355 e. The fourth-order valence-corrected chi connectivity index (χ4v) is 3.35. The summed E-state index contributed by atoms with van der Waals surface area (Å²) in [6, 6.07) is 7.82. The molecule has 0 aliphatic carbocycles. The third-order valence-electron chi connectivity index (χ3n) is 4.08. The highest BCUT2D eigenvalue weighted by atomic mass is 32.1. The number of likely N-dealkylation sites (tertiary alicyclic amines) is 1. The van der Waals surface area contributed by atoms with Gasteiger partial charge >= 0.3 is 0 Å². The second kappa shape index (κ2) is 8.08. The maximum Gasteiger partial charge on any atom is 0.273 e. The van der Waals surface area contributed by atoms with Crippen LogP contribution in [0, 0.1) is 17.2 Å². The van der Waals surface area contributed by atoms with Gasteiger partial charge in [0.05, 0.1) is 16.9 Å². The van der Waals surface area contributed by atoms with Crippen LogP contribution in [0.3, 0.4) is 0 Å². The van der Waals surface area contributed by atoms with E-state index in [2.05, 4.69) is 21.4 Å². The number of nitrogens with one attached hydrogen (secondary N) is 1. The number of nitriles is 1. The lowest BCUT2D eigenvalue weighted by Gasteiger charge is -2.35. The van der Waals surface area contributed by atoms with Gasteiger partial charge < -0.3 is 14.7 Å². The van der Waals surface area contributed by atoms with Crippen LogP contribution in [-0.4, -0.2) is 42.1 Å². The van der Waals surface area contributed by atoms with Crippen LogP contribution < -0.4 is 5.32 Å². The van der Waals surface area contributed by atoms with E-state index in [4.69, 9.17) is 9.78 Å². The van der Waals surface area contributed by atoms with Gasteiger partial charge in [0.1, 0.15) is 0 Å². The largest absolute Gasteiger partial charge is 0.355 e. The van der Waals surface area contributed by atoms with Crippen molar-refractivity contribution in [3.8, 4) is 16.7 Å². The van der Waals surface area contributed by atoms with Crippen molar-refractivity contribution in [3.05, 3.63) is 29.3 Å². The smallest absolute Gasteiger partial charge is 0.273 e. The fourth-order valence-electron chi connectivity index (χ4n) is 2.68. The minimum absolute atomic E-state index is 0.193. The summed E-state index contributed by atoms with van der Waals surface area (Å²) in [5.41, 5.74) is 0.321. The molecule has 1 saturated heterocycles. The summed E-state index contributed by atoms with van der Waals surface area (Å²) < 4.78 is 5.21. The predicted octanol–water partition coefficient (Wildman–Crippen LogP) is 2.76. The van der Waals surface area contributed by atoms with Crippen LogP contribution in [0.5, 0.6) is 0 Å². The van der Waals surface area contributed by atoms with E-state index in [-0.39, 0.29) is 11.8 Å². The van der Waals surface area contributed by atoms with E-state index in [1.807, 2.05) is 17.5 Å². The van der Waals surface area contributed by atoms with E-state index >= 15 is 0 Å². The van der Waals surface area contributed by atoms with Crippen LogP contribution in [0.4, 0.5) is 0 Å². The lowest BCUT2D eigenvalue weighted by atomic mass is 10.0. The molecule has 1 N–H and O–H groups in total. The average Bonchev–Trinajstić information content (AvgIpc) is 3.22. The number of carbonyl (C=O) groups is 1. The third-order valence-corrected chi connectivity index (χ3v) is 4.97. The van der Waals surface area contributed by atoms with Gasteiger partial charge in [-0.3, -0.25) is 4.79 Å². The Morgan fingerprint density at radius 2 is 2.33 bits per heavy atom. The Morgan fingerprint density at radius 3 is 3.08 bits per heavy atom. The Morgan fingerprint density at radius 1 is 1.46 bits per heavy atom. The molecule has 126 valence electrons. The number of unbranched alkanes of at least 4 members (excludes halogenated alkanes) is 2. The number of hydrogen-bond donors (Lipinski definition) is 1. The molecular formula is C17H20N4O2S. The number of thiophene rings is 1. The summed E-state index contributed by atoms with van der Waals surface area (Å²) in [5.74, 6) is 0.660. The van der Waals surface area contributed by atoms with Crippen LogP contribution >= 0.6 is 11.3 Å². The molecule has 3 heterocycles. The molecule has 1 amide bonds. The van der Waals surface area contributed by atoms with Gasteiger partial charge in [-0.1, -0.05) is 17.6 Å². The first kappa shape index (κ1) is 16.7. The molecule has 3 rings (SSSR count). The van der Waals surface area contributed by atoms with Gasteiger partial charge in [0.25, 0.3) is 5.91 Å². The van der Waals surface area contributed by atoms with Crippen molar-refractivity contribution >= 4 is 17.2 Å². The van der Waals surface area contributed by atoms with E-state index in [0.717, 1.165) is 43.8 Å². The number of aromatic nitrogens is 1. The zero-order valence-electron chi connectivity index (χ0n) is 13.4. The first-order chi connectivity index (χ1) is 11.8. The van der Waals surface area contributed by atoms with E-state index in [1.54, 1.807) is 17.4 Å². The second-order valence-corrected chi connectivity index (χ2v) is 6.90. The molecule has 2 aromatic rings. The molecule has 0 aromatic carbocycles. The quantitative estimate of drug-likeness (QED) is 0.745. The van der Waals surface area contributed by atoms with Crippen LogP contribution in [0.15, 0.2) is 28.1 Å². The van der Waals surface area contributed by atoms with E-state index in [9.17, 15) is 4.79 Å². The van der Waals surface area contributed by atoms with Crippen molar-refractivity contribution in [2.45, 2.75) is 19.3 Å². The average molecular weight is 344 g/mol. The van der Waals surface area contributed by atoms with E-state index in [0.29, 0.717) is 18.0 Å². The Balaban J connectivity index is 1.30. The molecule has 2 aromatic heterocycles. The number of hydrogen-bond acceptors (Lipinski definition) is 6. The SMILES string of the molecule is N#CC1CN(CCCCCNC(=O)c2cc(-c3cccs3)on2)C1. The molecule has 0 bridgehead atoms. The van der Waals surface area contributed by atoms with Gasteiger partial charge in [0, 0.05) is 25.7 Å². The molecule has 0 spiro atoms. The van der Waals surface area contributed by atoms with Crippen molar-refractivity contribution < 1.29 is 9.32 Å². The molecule has 0 unspecified atom stereocenters. The van der Waals surface area contributed by atoms with Crippen molar-refractivity contribution in [1.29, 1.82) is 5.26 Å². The Bertz CT molecular complexity index is 698. The summed E-state index contributed by atoms with van der Waals surface area (Å²) in [6.07, 6.45) is 3.10. The summed E-state index contributed by atoms with van der Waals surface area (Å²) in [4.78, 5) is 15.3. The Kier molecular flexibility index (Phi) is 5.62. The summed E-state index contributed by atoms with van der Waals surface area (Å²) in [7, 11) is 0. The first-order valence-electron chi connectivity index (χ1n) is 8.17. The molecule has 1 aliphatic heterocycles. The molecule has 1 aliphatic rings. The minimum atomic E-state index is -0.193. The van der Waals surface area contributed by atoms with Gasteiger partial charge in [-0.05, 0) is 30.8 Å². The molecule has 7 heteroatoms. The molecule has 0 saturated carbocycles. The van der Waals surface area contributed by atoms with Gasteiger partial charge in [-0.25, -0.2) is 0 Å². The van der Waals surface area contributed by atoms with Crippen molar-refractivity contribution in [3.63, 3.8) is 0 Å². The van der Waals surface area contributed by atoms with Crippen molar-refractivity contribution in [2.24, 2.45) is 5.92 Å². The zero-order valence-corrected chi connectivity index (χ0v) is 14.2. The summed E-state index contributed by atoms with van der Waals surface area (Å²) >= 11 is 1.55. The van der Waals surface area contributed by atoms with Crippen LogP contribution in [0.2, 0.25) is 0 Å². The highest BCUT2D eigenvalue weighted by Gasteiger charge is 2.25. The number of carbonyl (C=O) groups excluding carboxylic acids is 1. The third kappa shape index (κ3) is 4.22. The second-order valence-electron chi connectivity index (χ2n) is 5.96. The number of nitrogens with zero attached hydrogens (tertiary/aromatic N) is 3. The van der Waals surface area contributed by atoms with Gasteiger partial charge in [-0.15, -0.1) is 11.3 Å². The zero-order chi connectivity index (χ0) is 16.8. The van der Waals surface area contributed by atoms with Gasteiger partial charge in [0.15, 0.2) is 11.5 Å². The highest BCUT2D eigenvalue weighted by Crippen LogP contribution is 2.25. The molecular weight excluding hydrogens is 324 g/mol. The fraction of sp³-hybridized carbons (Fsp3) is 0.471. The standard InChI is InChI=1S/C17H20N4O2S/c18-10-13-11-21(12-13)7-3-1-2-6-19-17(22)14-9-15(23-20-14)16-5-4-8-24-16/h4-5,8-9,13H,1-3,6-7,11-12H2,(H,19,22). The van der Waals surface area contributed by atoms with Crippen molar-refractivity contribution in [1.82, 2.24) is 15.4 Å². The monoisotopic (exact) mass is 344 g/mol. The maximum atomic E-state index is 12.0. The number of amides is 1. The lowest BCUT2D eigenvalue weighted by molar-refractivity contribution is 0.0943. The van der Waals surface area contributed by atoms with E-state index in [1.165, 1.54) is 0 Å². The van der Waals surface area contributed by atoms with Crippen molar-refractivity contribution in [2.75, 3.05) is 26.2 Å². The molecule has 6 nitrogen and oxygen atoms in total. The van der Waals surface area contributed by atoms with Crippen LogP contribution in [0.1, 0.15) is 29.8 Å². The van der Waals surface area contributed by atoms with Crippen LogP contribution in [-0.2, 0) is 0 Å². The van der Waals surface area contributed by atoms with Gasteiger partial charge in [-0.2, -0.15) is 5.26 Å². The first-order valence-corrected chi connectivity index (χ1v) is 9.05. The van der Waals surface area contributed by atoms with Gasteiger partial charge in [0.2, 0.25) is 0 Å². The Labute approximate surface area is 145 Å². The molecule has 1 fully saturated rings. The highest BCUT2D eigenvalue weighted by molar-refractivity contribution is 7.13. The summed E-state index contributed by atoms with van der Waals surface area (Å²) in [5, 5.41) is 17.4. The topological polar surface area (TPSA) is 82.2 Å².